The molecule has 0 saturated carbocycles. The SMILES string of the molecule is CC(C)Oc1cccnc1C(C#N)CBr. The van der Waals surface area contributed by atoms with Crippen LogP contribution in [-0.2, 0) is 0 Å². The highest BCUT2D eigenvalue weighted by atomic mass is 79.9. The molecular formula is C11H13BrN2O. The monoisotopic (exact) mass is 268 g/mol. The van der Waals surface area contributed by atoms with Crippen LogP contribution in [0.15, 0.2) is 18.3 Å². The normalized spacial score (nSPS) is 12.2. The summed E-state index contributed by atoms with van der Waals surface area (Å²) in [4.78, 5) is 4.20. The van der Waals surface area contributed by atoms with Crippen molar-refractivity contribution in [2.45, 2.75) is 25.9 Å². The van der Waals surface area contributed by atoms with Crippen LogP contribution in [0.2, 0.25) is 0 Å². The van der Waals surface area contributed by atoms with Gasteiger partial charge in [-0.1, -0.05) is 15.9 Å². The molecule has 3 nitrogen and oxygen atoms in total. The van der Waals surface area contributed by atoms with Gasteiger partial charge >= 0.3 is 0 Å². The lowest BCUT2D eigenvalue weighted by Gasteiger charge is -2.14. The minimum Gasteiger partial charge on any atom is -0.489 e. The second-order valence-electron chi connectivity index (χ2n) is 3.39. The summed E-state index contributed by atoms with van der Waals surface area (Å²) in [5, 5.41) is 9.53. The number of ether oxygens (including phenoxy) is 1. The van der Waals surface area contributed by atoms with Crippen molar-refractivity contribution in [3.8, 4) is 11.8 Å². The maximum absolute atomic E-state index is 8.96. The van der Waals surface area contributed by atoms with Gasteiger partial charge in [0.05, 0.1) is 12.2 Å². The van der Waals surface area contributed by atoms with Gasteiger partial charge in [0.15, 0.2) is 0 Å². The number of alkyl halides is 1. The Kier molecular flexibility index (Phi) is 4.57. The van der Waals surface area contributed by atoms with E-state index in [0.717, 1.165) is 0 Å². The van der Waals surface area contributed by atoms with E-state index < -0.39 is 0 Å². The highest BCUT2D eigenvalue weighted by Crippen LogP contribution is 2.25. The first kappa shape index (κ1) is 12.0. The van der Waals surface area contributed by atoms with Gasteiger partial charge in [0.1, 0.15) is 17.4 Å². The summed E-state index contributed by atoms with van der Waals surface area (Å²) < 4.78 is 5.60. The number of rotatable bonds is 4. The van der Waals surface area contributed by atoms with E-state index >= 15 is 0 Å². The Hall–Kier alpha value is -1.08. The molecule has 1 unspecified atom stereocenters. The zero-order valence-electron chi connectivity index (χ0n) is 8.77. The first-order chi connectivity index (χ1) is 7.19. The van der Waals surface area contributed by atoms with E-state index in [1.807, 2.05) is 26.0 Å². The molecule has 0 spiro atoms. The van der Waals surface area contributed by atoms with Crippen molar-refractivity contribution in [2.75, 3.05) is 5.33 Å². The van der Waals surface area contributed by atoms with E-state index in [1.54, 1.807) is 6.20 Å². The minimum absolute atomic E-state index is 0.0858. The molecule has 0 aliphatic carbocycles. The summed E-state index contributed by atoms with van der Waals surface area (Å²) in [6.07, 6.45) is 1.76. The third-order valence-corrected chi connectivity index (χ3v) is 2.45. The van der Waals surface area contributed by atoms with Gasteiger partial charge in [0.25, 0.3) is 0 Å². The average molecular weight is 269 g/mol. The first-order valence-corrected chi connectivity index (χ1v) is 5.88. The molecule has 0 bridgehead atoms. The molecule has 0 saturated heterocycles. The first-order valence-electron chi connectivity index (χ1n) is 4.76. The van der Waals surface area contributed by atoms with Crippen LogP contribution in [0.4, 0.5) is 0 Å². The van der Waals surface area contributed by atoms with E-state index in [2.05, 4.69) is 27.0 Å². The second kappa shape index (κ2) is 5.72. The van der Waals surface area contributed by atoms with E-state index in [4.69, 9.17) is 10.00 Å². The zero-order valence-corrected chi connectivity index (χ0v) is 10.4. The van der Waals surface area contributed by atoms with Crippen LogP contribution in [0.25, 0.3) is 0 Å². The molecular weight excluding hydrogens is 256 g/mol. The molecule has 0 N–H and O–H groups in total. The van der Waals surface area contributed by atoms with Crippen LogP contribution in [0.5, 0.6) is 5.75 Å². The highest BCUT2D eigenvalue weighted by Gasteiger charge is 2.16. The molecule has 1 aromatic rings. The third-order valence-electron chi connectivity index (χ3n) is 1.80. The van der Waals surface area contributed by atoms with E-state index in [-0.39, 0.29) is 12.0 Å². The lowest BCUT2D eigenvalue weighted by Crippen LogP contribution is -2.10. The Labute approximate surface area is 98.2 Å². The summed E-state index contributed by atoms with van der Waals surface area (Å²) in [5.41, 5.74) is 0.700. The lowest BCUT2D eigenvalue weighted by molar-refractivity contribution is 0.238. The largest absolute Gasteiger partial charge is 0.489 e. The molecule has 0 amide bonds. The number of nitrogens with zero attached hydrogens (tertiary/aromatic N) is 2. The molecule has 4 heteroatoms. The number of halogens is 1. The highest BCUT2D eigenvalue weighted by molar-refractivity contribution is 9.09. The summed E-state index contributed by atoms with van der Waals surface area (Å²) >= 11 is 3.30. The average Bonchev–Trinajstić information content (AvgIpc) is 2.21. The molecule has 0 aliphatic heterocycles. The minimum atomic E-state index is -0.264. The molecule has 80 valence electrons. The van der Waals surface area contributed by atoms with Gasteiger partial charge in [-0.05, 0) is 26.0 Å². The molecule has 15 heavy (non-hydrogen) atoms. The Morgan fingerprint density at radius 3 is 2.87 bits per heavy atom. The molecule has 0 aliphatic rings. The van der Waals surface area contributed by atoms with Crippen LogP contribution >= 0.6 is 15.9 Å². The van der Waals surface area contributed by atoms with Crippen LogP contribution in [0, 0.1) is 11.3 Å². The molecule has 0 radical (unpaired) electrons. The van der Waals surface area contributed by atoms with Gasteiger partial charge in [0, 0.05) is 11.5 Å². The van der Waals surface area contributed by atoms with Crippen LogP contribution < -0.4 is 4.74 Å². The second-order valence-corrected chi connectivity index (χ2v) is 4.04. The topological polar surface area (TPSA) is 45.9 Å². The van der Waals surface area contributed by atoms with Crippen LogP contribution in [0.1, 0.15) is 25.5 Å². The van der Waals surface area contributed by atoms with Gasteiger partial charge in [-0.15, -0.1) is 0 Å². The number of hydrogen-bond acceptors (Lipinski definition) is 3. The number of pyridine rings is 1. The molecule has 0 aromatic carbocycles. The fourth-order valence-corrected chi connectivity index (χ4v) is 1.64. The van der Waals surface area contributed by atoms with Crippen molar-refractivity contribution >= 4 is 15.9 Å². The number of hydrogen-bond donors (Lipinski definition) is 0. The molecule has 0 fully saturated rings. The van der Waals surface area contributed by atoms with Gasteiger partial charge in [-0.2, -0.15) is 5.26 Å². The smallest absolute Gasteiger partial charge is 0.142 e. The van der Waals surface area contributed by atoms with Crippen molar-refractivity contribution in [1.82, 2.24) is 4.98 Å². The van der Waals surface area contributed by atoms with Gasteiger partial charge in [-0.25, -0.2) is 0 Å². The summed E-state index contributed by atoms with van der Waals surface area (Å²) in [5.74, 6) is 0.429. The van der Waals surface area contributed by atoms with Crippen LogP contribution in [-0.4, -0.2) is 16.4 Å². The third kappa shape index (κ3) is 3.21. The predicted molar refractivity (Wildman–Crippen MR) is 62.1 cm³/mol. The molecule has 1 aromatic heterocycles. The van der Waals surface area contributed by atoms with Crippen molar-refractivity contribution in [1.29, 1.82) is 5.26 Å². The van der Waals surface area contributed by atoms with Gasteiger partial charge in [0.2, 0.25) is 0 Å². The lowest BCUT2D eigenvalue weighted by atomic mass is 10.1. The van der Waals surface area contributed by atoms with E-state index in [9.17, 15) is 0 Å². The fourth-order valence-electron chi connectivity index (χ4n) is 1.19. The maximum atomic E-state index is 8.96. The van der Waals surface area contributed by atoms with E-state index in [1.165, 1.54) is 0 Å². The Morgan fingerprint density at radius 2 is 2.33 bits per heavy atom. The van der Waals surface area contributed by atoms with Gasteiger partial charge in [-0.3, -0.25) is 4.98 Å². The standard InChI is InChI=1S/C11H13BrN2O/c1-8(2)15-10-4-3-5-14-11(10)9(6-12)7-13/h3-5,8-9H,6H2,1-2H3. The Balaban J connectivity index is 3.01. The summed E-state index contributed by atoms with van der Waals surface area (Å²) in [7, 11) is 0. The summed E-state index contributed by atoms with van der Waals surface area (Å²) in [6.45, 7) is 3.90. The number of nitriles is 1. The maximum Gasteiger partial charge on any atom is 0.142 e. The predicted octanol–water partition coefficient (Wildman–Crippen LogP) is 2.87. The van der Waals surface area contributed by atoms with E-state index in [0.29, 0.717) is 16.8 Å². The van der Waals surface area contributed by atoms with Crippen molar-refractivity contribution in [3.05, 3.63) is 24.0 Å². The quantitative estimate of drug-likeness (QED) is 0.789. The molecule has 1 rings (SSSR count). The van der Waals surface area contributed by atoms with Crippen molar-refractivity contribution < 1.29 is 4.74 Å². The van der Waals surface area contributed by atoms with Crippen molar-refractivity contribution in [2.24, 2.45) is 0 Å². The van der Waals surface area contributed by atoms with Crippen LogP contribution in [0.3, 0.4) is 0 Å². The van der Waals surface area contributed by atoms with Gasteiger partial charge < -0.3 is 4.74 Å². The summed E-state index contributed by atoms with van der Waals surface area (Å²) in [6, 6.07) is 5.84. The Morgan fingerprint density at radius 1 is 1.60 bits per heavy atom. The van der Waals surface area contributed by atoms with Crippen molar-refractivity contribution in [3.63, 3.8) is 0 Å². The molecule has 1 atom stereocenters. The Bertz CT molecular complexity index is 360. The zero-order chi connectivity index (χ0) is 11.3. The number of aromatic nitrogens is 1. The molecule has 1 heterocycles. The fraction of sp³-hybridized carbons (Fsp3) is 0.455.